The van der Waals surface area contributed by atoms with E-state index >= 15 is 0 Å². The van der Waals surface area contributed by atoms with Crippen LogP contribution in [0.3, 0.4) is 0 Å². The molecular weight excluding hydrogens is 647 g/mol. The summed E-state index contributed by atoms with van der Waals surface area (Å²) >= 11 is 5.99. The molecule has 0 aliphatic carbocycles. The van der Waals surface area contributed by atoms with E-state index in [0.29, 0.717) is 11.1 Å². The van der Waals surface area contributed by atoms with Gasteiger partial charge in [-0.1, -0.05) is 129 Å². The van der Waals surface area contributed by atoms with Crippen LogP contribution in [-0.4, -0.2) is 16.4 Å². The number of non-ortho nitro benzene ring substituents is 1. The van der Waals surface area contributed by atoms with Crippen molar-refractivity contribution in [1.82, 2.24) is 0 Å². The van der Waals surface area contributed by atoms with Crippen molar-refractivity contribution in [3.63, 3.8) is 0 Å². The maximum Gasteiger partial charge on any atom is 0.270 e. The molecule has 0 bridgehead atoms. The van der Waals surface area contributed by atoms with E-state index in [2.05, 4.69) is 38.6 Å². The van der Waals surface area contributed by atoms with Crippen molar-refractivity contribution < 1.29 is 4.92 Å². The number of hydrogen-bond acceptors (Lipinski definition) is 8. The Labute approximate surface area is 306 Å². The second-order valence-electron chi connectivity index (χ2n) is 12.1. The van der Waals surface area contributed by atoms with Gasteiger partial charge in [-0.05, 0) is 48.6 Å². The molecule has 266 valence electrons. The van der Waals surface area contributed by atoms with Crippen LogP contribution in [0.4, 0.5) is 5.69 Å². The number of hydrogen-bond donors (Lipinski definition) is 1. The molecule has 9 heteroatoms. The number of thiol groups is 1. The van der Waals surface area contributed by atoms with Crippen molar-refractivity contribution in [2.75, 3.05) is 11.5 Å². The van der Waals surface area contributed by atoms with E-state index in [9.17, 15) is 10.1 Å². The van der Waals surface area contributed by atoms with E-state index in [0.717, 1.165) is 22.5 Å². The Kier molecular flexibility index (Phi) is 30.7. The van der Waals surface area contributed by atoms with Crippen LogP contribution in [0, 0.1) is 55.4 Å². The number of nitro groups is 1. The molecule has 0 aromatic heterocycles. The number of rotatable bonds is 23. The van der Waals surface area contributed by atoms with Crippen molar-refractivity contribution in [2.24, 2.45) is 0 Å². The van der Waals surface area contributed by atoms with Crippen LogP contribution in [-0.2, 0) is 0 Å². The Hall–Kier alpha value is -3.50. The van der Waals surface area contributed by atoms with Gasteiger partial charge < -0.3 is 0 Å². The highest BCUT2D eigenvalue weighted by molar-refractivity contribution is 7.99. The number of thioether (sulfide) groups is 1. The number of nitrogens with zero attached hydrogens (tertiary/aromatic N) is 5. The Bertz CT molecular complexity index is 1330. The molecule has 0 saturated carbocycles. The minimum atomic E-state index is -0.609. The van der Waals surface area contributed by atoms with Crippen molar-refractivity contribution in [3.05, 3.63) is 68.8 Å². The summed E-state index contributed by atoms with van der Waals surface area (Å²) < 4.78 is 0. The zero-order valence-corrected chi connectivity index (χ0v) is 31.6. The fourth-order valence-corrected chi connectivity index (χ4v) is 6.19. The molecule has 0 fully saturated rings. The van der Waals surface area contributed by atoms with Gasteiger partial charge in [0.1, 0.15) is 24.3 Å². The molecule has 2 aromatic carbocycles. The third-order valence-corrected chi connectivity index (χ3v) is 9.36. The maximum absolute atomic E-state index is 10.3. The van der Waals surface area contributed by atoms with Gasteiger partial charge in [-0.2, -0.15) is 33.7 Å². The van der Waals surface area contributed by atoms with E-state index in [1.807, 2.05) is 12.1 Å². The number of nitriles is 4. The predicted molar refractivity (Wildman–Crippen MR) is 207 cm³/mol. The highest BCUT2D eigenvalue weighted by Crippen LogP contribution is 2.23. The quantitative estimate of drug-likeness (QED) is 0.0399. The molecule has 0 amide bonds. The lowest BCUT2D eigenvalue weighted by molar-refractivity contribution is -0.384. The summed E-state index contributed by atoms with van der Waals surface area (Å²) in [6.07, 6.45) is 27.7. The first-order valence-electron chi connectivity index (χ1n) is 18.2. The van der Waals surface area contributed by atoms with E-state index < -0.39 is 4.92 Å². The summed E-state index contributed by atoms with van der Waals surface area (Å²) in [5, 5.41) is 45.3. The molecule has 0 aliphatic heterocycles. The number of nitro benzene ring substituents is 1. The zero-order valence-electron chi connectivity index (χ0n) is 29.9. The highest BCUT2D eigenvalue weighted by atomic mass is 32.2. The summed E-state index contributed by atoms with van der Waals surface area (Å²) in [7, 11) is 0. The Morgan fingerprint density at radius 1 is 0.571 bits per heavy atom. The molecule has 0 radical (unpaired) electrons. The first-order chi connectivity index (χ1) is 23.9. The summed E-state index contributed by atoms with van der Waals surface area (Å²) in [5.41, 5.74) is 0.941. The van der Waals surface area contributed by atoms with E-state index in [1.165, 1.54) is 141 Å². The van der Waals surface area contributed by atoms with Gasteiger partial charge in [0.05, 0.1) is 27.2 Å². The molecule has 0 N–H and O–H groups in total. The fraction of sp³-hybridized carbons (Fsp3) is 0.600. The van der Waals surface area contributed by atoms with E-state index in [1.54, 1.807) is 30.0 Å². The minimum absolute atomic E-state index is 0.0247. The molecular formula is C40H57N5O2S2. The lowest BCUT2D eigenvalue weighted by Crippen LogP contribution is -1.90. The molecule has 0 aliphatic rings. The normalized spacial score (nSPS) is 9.86. The maximum atomic E-state index is 10.3. The zero-order chi connectivity index (χ0) is 36.4. The van der Waals surface area contributed by atoms with Crippen LogP contribution in [0.2, 0.25) is 0 Å². The average molecular weight is 704 g/mol. The first-order valence-corrected chi connectivity index (χ1v) is 19.8. The van der Waals surface area contributed by atoms with Gasteiger partial charge in [-0.25, -0.2) is 0 Å². The minimum Gasteiger partial charge on any atom is -0.258 e. The Morgan fingerprint density at radius 2 is 0.959 bits per heavy atom. The van der Waals surface area contributed by atoms with Gasteiger partial charge in [0.25, 0.3) is 5.69 Å². The molecule has 2 aromatic rings. The SMILES string of the molecule is CCCCCCCCCCCCS.CCCCCCCCCCCCSc1ccc(C#N)c(C#N)c1.N#Cc1ccc([N+](=O)[O-])cc1C#N. The van der Waals surface area contributed by atoms with Gasteiger partial charge in [0, 0.05) is 17.0 Å². The molecule has 0 spiro atoms. The molecule has 2 rings (SSSR count). The van der Waals surface area contributed by atoms with Gasteiger partial charge in [0.2, 0.25) is 0 Å². The van der Waals surface area contributed by atoms with Crippen molar-refractivity contribution in [2.45, 2.75) is 147 Å². The summed E-state index contributed by atoms with van der Waals surface area (Å²) in [4.78, 5) is 10.8. The Balaban J connectivity index is 0.000000758. The molecule has 0 atom stereocenters. The van der Waals surface area contributed by atoms with Gasteiger partial charge in [0.15, 0.2) is 0 Å². The van der Waals surface area contributed by atoms with Crippen LogP contribution >= 0.6 is 24.4 Å². The molecule has 7 nitrogen and oxygen atoms in total. The Morgan fingerprint density at radius 3 is 1.37 bits per heavy atom. The van der Waals surface area contributed by atoms with Gasteiger partial charge in [-0.15, -0.1) is 11.8 Å². The first kappa shape index (κ1) is 45.5. The lowest BCUT2D eigenvalue weighted by Gasteiger charge is -2.04. The van der Waals surface area contributed by atoms with Crippen LogP contribution in [0.1, 0.15) is 165 Å². The number of benzene rings is 2. The average Bonchev–Trinajstić information content (AvgIpc) is 3.13. The van der Waals surface area contributed by atoms with Crippen molar-refractivity contribution in [3.8, 4) is 24.3 Å². The molecule has 49 heavy (non-hydrogen) atoms. The van der Waals surface area contributed by atoms with E-state index in [4.69, 9.17) is 21.0 Å². The lowest BCUT2D eigenvalue weighted by atomic mass is 10.1. The second kappa shape index (κ2) is 33.0. The van der Waals surface area contributed by atoms with Crippen molar-refractivity contribution >= 4 is 30.1 Å². The topological polar surface area (TPSA) is 138 Å². The monoisotopic (exact) mass is 703 g/mol. The van der Waals surface area contributed by atoms with Crippen LogP contribution in [0.5, 0.6) is 0 Å². The second-order valence-corrected chi connectivity index (χ2v) is 13.7. The fourth-order valence-electron chi connectivity index (χ4n) is 5.02. The molecule has 0 unspecified atom stereocenters. The predicted octanol–water partition coefficient (Wildman–Crippen LogP) is 12.6. The summed E-state index contributed by atoms with van der Waals surface area (Å²) in [6, 6.07) is 16.7. The standard InChI is InChI=1S/C20H28N2S.C12H26S.C8H3N3O2/c1-2-3-4-5-6-7-8-9-10-11-14-23-20-13-12-18(16-21)19(15-20)17-22;1-2-3-4-5-6-7-8-9-10-11-12-13;9-4-6-1-2-8(11(12)13)3-7(6)5-10/h12-13,15H,2-11,14H2,1H3;13H,2-12H2,1H3;1-3H. The smallest absolute Gasteiger partial charge is 0.258 e. The summed E-state index contributed by atoms with van der Waals surface area (Å²) in [6.45, 7) is 4.54. The van der Waals surface area contributed by atoms with Crippen molar-refractivity contribution in [1.29, 1.82) is 21.0 Å². The number of unbranched alkanes of at least 4 members (excludes halogenated alkanes) is 18. The molecule has 0 saturated heterocycles. The third kappa shape index (κ3) is 24.3. The third-order valence-electron chi connectivity index (χ3n) is 7.97. The molecule has 0 heterocycles. The van der Waals surface area contributed by atoms with E-state index in [-0.39, 0.29) is 16.8 Å². The summed E-state index contributed by atoms with van der Waals surface area (Å²) in [5.74, 6) is 2.16. The van der Waals surface area contributed by atoms with Crippen LogP contribution in [0.15, 0.2) is 41.3 Å². The van der Waals surface area contributed by atoms with Gasteiger partial charge in [-0.3, -0.25) is 10.1 Å². The van der Waals surface area contributed by atoms with Gasteiger partial charge >= 0.3 is 0 Å². The van der Waals surface area contributed by atoms with Crippen LogP contribution < -0.4 is 0 Å². The highest BCUT2D eigenvalue weighted by Gasteiger charge is 2.09. The largest absolute Gasteiger partial charge is 0.270 e. The van der Waals surface area contributed by atoms with Crippen LogP contribution in [0.25, 0.3) is 0 Å².